The second-order valence-corrected chi connectivity index (χ2v) is 10.1. The minimum Gasteiger partial charge on any atom is -0.497 e. The second-order valence-electron chi connectivity index (χ2n) is 10.1. The molecule has 0 fully saturated rings. The Morgan fingerprint density at radius 3 is 2.51 bits per heavy atom. The van der Waals surface area contributed by atoms with Crippen LogP contribution in [-0.4, -0.2) is 72.8 Å². The smallest absolute Gasteiger partial charge is 0.321 e. The molecule has 1 aliphatic rings. The van der Waals surface area contributed by atoms with Crippen molar-refractivity contribution in [1.82, 2.24) is 9.80 Å². The molecule has 0 aromatic heterocycles. The number of amides is 3. The van der Waals surface area contributed by atoms with Gasteiger partial charge >= 0.3 is 6.03 Å². The third-order valence-electron chi connectivity index (χ3n) is 7.22. The van der Waals surface area contributed by atoms with E-state index in [2.05, 4.69) is 5.32 Å². The minimum absolute atomic E-state index is 0.132. The summed E-state index contributed by atoms with van der Waals surface area (Å²) in [4.78, 5) is 30.3. The molecule has 3 amide bonds. The zero-order chi connectivity index (χ0) is 27.9. The predicted molar refractivity (Wildman–Crippen MR) is 152 cm³/mol. The van der Waals surface area contributed by atoms with E-state index in [4.69, 9.17) is 9.47 Å². The van der Waals surface area contributed by atoms with E-state index >= 15 is 0 Å². The van der Waals surface area contributed by atoms with Gasteiger partial charge < -0.3 is 29.7 Å². The topological polar surface area (TPSA) is 91.3 Å². The van der Waals surface area contributed by atoms with E-state index in [1.54, 1.807) is 36.1 Å². The maximum Gasteiger partial charge on any atom is 0.321 e. The van der Waals surface area contributed by atoms with E-state index in [1.165, 1.54) is 0 Å². The third-order valence-corrected chi connectivity index (χ3v) is 7.22. The summed E-state index contributed by atoms with van der Waals surface area (Å²) in [6.45, 7) is 4.69. The van der Waals surface area contributed by atoms with Crippen LogP contribution in [0.3, 0.4) is 0 Å². The van der Waals surface area contributed by atoms with Gasteiger partial charge in [0.1, 0.15) is 5.75 Å². The van der Waals surface area contributed by atoms with E-state index in [-0.39, 0.29) is 30.6 Å². The van der Waals surface area contributed by atoms with Gasteiger partial charge in [-0.1, -0.05) is 55.5 Å². The molecule has 8 heteroatoms. The Balaban J connectivity index is 1.63. The molecule has 2 N–H and O–H groups in total. The first kappa shape index (κ1) is 28.1. The summed E-state index contributed by atoms with van der Waals surface area (Å²) in [6.07, 6.45) is -0.374. The van der Waals surface area contributed by atoms with Gasteiger partial charge in [-0.05, 0) is 41.8 Å². The Morgan fingerprint density at radius 2 is 1.79 bits per heavy atom. The number of benzene rings is 3. The molecule has 8 nitrogen and oxygen atoms in total. The number of nitrogens with zero attached hydrogens (tertiary/aromatic N) is 2. The molecule has 1 aliphatic heterocycles. The van der Waals surface area contributed by atoms with Gasteiger partial charge in [0.25, 0.3) is 5.91 Å². The van der Waals surface area contributed by atoms with Crippen LogP contribution in [-0.2, 0) is 11.3 Å². The van der Waals surface area contributed by atoms with Crippen LogP contribution < -0.4 is 10.1 Å². The maximum absolute atomic E-state index is 13.9. The molecule has 1 heterocycles. The molecule has 0 aliphatic carbocycles. The number of carbonyl (C=O) groups excluding carboxylic acids is 2. The highest BCUT2D eigenvalue weighted by Gasteiger charge is 2.31. The number of fused-ring (bicyclic) bond motifs is 3. The van der Waals surface area contributed by atoms with E-state index in [0.29, 0.717) is 36.7 Å². The highest BCUT2D eigenvalue weighted by molar-refractivity contribution is 6.01. The van der Waals surface area contributed by atoms with Crippen molar-refractivity contribution in [3.05, 3.63) is 83.9 Å². The first-order valence-electron chi connectivity index (χ1n) is 13.2. The lowest BCUT2D eigenvalue weighted by atomic mass is 9.94. The lowest BCUT2D eigenvalue weighted by Crippen LogP contribution is -2.48. The summed E-state index contributed by atoms with van der Waals surface area (Å²) in [5, 5.41) is 12.9. The lowest BCUT2D eigenvalue weighted by molar-refractivity contribution is -0.0178. The van der Waals surface area contributed by atoms with Crippen molar-refractivity contribution in [3.8, 4) is 16.9 Å². The average Bonchev–Trinajstić information content (AvgIpc) is 2.98. The average molecular weight is 532 g/mol. The third kappa shape index (κ3) is 6.58. The Morgan fingerprint density at radius 1 is 1.10 bits per heavy atom. The number of aliphatic hydroxyl groups excluding tert-OH is 1. The van der Waals surface area contributed by atoms with Crippen molar-refractivity contribution in [2.75, 3.05) is 39.2 Å². The molecule has 3 atom stereocenters. The fourth-order valence-corrected chi connectivity index (χ4v) is 4.82. The van der Waals surface area contributed by atoms with Crippen LogP contribution in [0.4, 0.5) is 10.5 Å². The van der Waals surface area contributed by atoms with Crippen molar-refractivity contribution in [2.24, 2.45) is 5.92 Å². The van der Waals surface area contributed by atoms with Crippen LogP contribution in [0.5, 0.6) is 5.75 Å². The fourth-order valence-electron chi connectivity index (χ4n) is 4.82. The Hall–Kier alpha value is -3.88. The number of rotatable bonds is 6. The summed E-state index contributed by atoms with van der Waals surface area (Å²) < 4.78 is 11.7. The number of carbonyl (C=O) groups is 2. The van der Waals surface area contributed by atoms with Crippen molar-refractivity contribution >= 4 is 17.6 Å². The van der Waals surface area contributed by atoms with Crippen molar-refractivity contribution in [1.29, 1.82) is 0 Å². The van der Waals surface area contributed by atoms with E-state index in [0.717, 1.165) is 16.7 Å². The lowest BCUT2D eigenvalue weighted by Gasteiger charge is -2.35. The number of hydrogen-bond donors (Lipinski definition) is 2. The first-order chi connectivity index (χ1) is 18.8. The molecule has 0 saturated heterocycles. The Bertz CT molecular complexity index is 1300. The first-order valence-corrected chi connectivity index (χ1v) is 13.2. The second kappa shape index (κ2) is 12.8. The number of hydrogen-bond acceptors (Lipinski definition) is 5. The molecular formula is C31H37N3O5. The van der Waals surface area contributed by atoms with Crippen molar-refractivity contribution < 1.29 is 24.2 Å². The normalized spacial score (nSPS) is 18.3. The highest BCUT2D eigenvalue weighted by atomic mass is 16.5. The SMILES string of the molecule is COc1cccc(NC(=O)N(C)C[C@@H]2OCc3ccccc3-c3ccccc3C(=O)N([C@@H](C)CO)C[C@@H]2C)c1. The summed E-state index contributed by atoms with van der Waals surface area (Å²) in [7, 11) is 3.30. The molecule has 0 radical (unpaired) electrons. The predicted octanol–water partition coefficient (Wildman–Crippen LogP) is 4.88. The van der Waals surface area contributed by atoms with Gasteiger partial charge in [0.2, 0.25) is 0 Å². The molecule has 0 unspecified atom stereocenters. The van der Waals surface area contributed by atoms with Gasteiger partial charge in [0.05, 0.1) is 32.5 Å². The van der Waals surface area contributed by atoms with Crippen LogP contribution in [0.2, 0.25) is 0 Å². The number of aliphatic hydroxyl groups is 1. The largest absolute Gasteiger partial charge is 0.497 e. The van der Waals surface area contributed by atoms with Gasteiger partial charge in [0, 0.05) is 43.4 Å². The summed E-state index contributed by atoms with van der Waals surface area (Å²) in [6, 6.07) is 22.0. The Labute approximate surface area is 230 Å². The van der Waals surface area contributed by atoms with E-state index in [9.17, 15) is 14.7 Å². The number of methoxy groups -OCH3 is 1. The zero-order valence-electron chi connectivity index (χ0n) is 23.0. The van der Waals surface area contributed by atoms with Crippen LogP contribution in [0.1, 0.15) is 29.8 Å². The van der Waals surface area contributed by atoms with Gasteiger partial charge in [-0.15, -0.1) is 0 Å². The fraction of sp³-hybridized carbons (Fsp3) is 0.355. The number of nitrogens with one attached hydrogen (secondary N) is 1. The van der Waals surface area contributed by atoms with Crippen LogP contribution >= 0.6 is 0 Å². The zero-order valence-corrected chi connectivity index (χ0v) is 23.0. The molecule has 39 heavy (non-hydrogen) atoms. The van der Waals surface area contributed by atoms with Gasteiger partial charge in [-0.2, -0.15) is 0 Å². The summed E-state index contributed by atoms with van der Waals surface area (Å²) in [5.41, 5.74) is 3.93. The summed E-state index contributed by atoms with van der Waals surface area (Å²) in [5.74, 6) is 0.379. The molecule has 206 valence electrons. The Kier molecular flexibility index (Phi) is 9.22. The quantitative estimate of drug-likeness (QED) is 0.473. The van der Waals surface area contributed by atoms with Crippen LogP contribution in [0, 0.1) is 5.92 Å². The maximum atomic E-state index is 13.9. The van der Waals surface area contributed by atoms with E-state index in [1.807, 2.05) is 74.5 Å². The molecule has 3 aromatic carbocycles. The molecule has 4 rings (SSSR count). The van der Waals surface area contributed by atoms with Gasteiger partial charge in [-0.3, -0.25) is 4.79 Å². The van der Waals surface area contributed by atoms with Crippen LogP contribution in [0.25, 0.3) is 11.1 Å². The van der Waals surface area contributed by atoms with Crippen molar-refractivity contribution in [3.63, 3.8) is 0 Å². The van der Waals surface area contributed by atoms with Crippen molar-refractivity contribution in [2.45, 2.75) is 32.6 Å². The standard InChI is InChI=1S/C31H37N3O5/c1-21-17-34(22(2)19-35)30(36)28-15-8-7-14-27(28)26-13-6-5-10-23(26)20-39-29(21)18-33(3)31(37)32-24-11-9-12-25(16-24)38-4/h5-16,21-22,29,35H,17-20H2,1-4H3,(H,32,37)/t21-,22-,29-/m0/s1. The monoisotopic (exact) mass is 531 g/mol. The number of anilines is 1. The number of likely N-dealkylation sites (N-methyl/N-ethyl adjacent to an activating group) is 1. The molecule has 0 saturated carbocycles. The van der Waals surface area contributed by atoms with Crippen LogP contribution in [0.15, 0.2) is 72.8 Å². The molecule has 0 bridgehead atoms. The molecular weight excluding hydrogens is 494 g/mol. The van der Waals surface area contributed by atoms with Gasteiger partial charge in [-0.25, -0.2) is 4.79 Å². The molecule has 3 aromatic rings. The molecule has 0 spiro atoms. The summed E-state index contributed by atoms with van der Waals surface area (Å²) >= 11 is 0. The van der Waals surface area contributed by atoms with E-state index < -0.39 is 6.04 Å². The number of ether oxygens (including phenoxy) is 2. The highest BCUT2D eigenvalue weighted by Crippen LogP contribution is 2.31. The minimum atomic E-state index is -0.390. The number of urea groups is 1. The van der Waals surface area contributed by atoms with Gasteiger partial charge in [0.15, 0.2) is 0 Å².